The highest BCUT2D eigenvalue weighted by Gasteiger charge is 2.15. The summed E-state index contributed by atoms with van der Waals surface area (Å²) in [5.41, 5.74) is 6.37. The number of aromatic nitrogens is 1. The van der Waals surface area contributed by atoms with Crippen LogP contribution in [0.25, 0.3) is 0 Å². The van der Waals surface area contributed by atoms with Gasteiger partial charge in [-0.2, -0.15) is 0 Å². The first kappa shape index (κ1) is 20.0. The molecular weight excluding hydrogens is 293 g/mol. The molecule has 1 aromatic heterocycles. The third-order valence-electron chi connectivity index (χ3n) is 2.29. The Labute approximate surface area is 125 Å². The second kappa shape index (κ2) is 10.6. The van der Waals surface area contributed by atoms with E-state index in [1.54, 1.807) is 11.3 Å². The monoisotopic (exact) mass is 313 g/mol. The minimum absolute atomic E-state index is 0. The standard InChI is InChI=1S/C11H19N3OS.2ClH/c1-3-9(11-13-8(2)7-16-11)14-10(15)5-4-6-12;;/h7,9H,3-6,12H2,1-2H3,(H,14,15);2*1H. The number of halogens is 2. The summed E-state index contributed by atoms with van der Waals surface area (Å²) in [7, 11) is 0. The molecule has 0 saturated carbocycles. The predicted octanol–water partition coefficient (Wildman–Crippen LogP) is 2.60. The van der Waals surface area contributed by atoms with Crippen molar-refractivity contribution in [1.29, 1.82) is 0 Å². The Hall–Kier alpha value is -0.360. The summed E-state index contributed by atoms with van der Waals surface area (Å²) >= 11 is 1.60. The maximum absolute atomic E-state index is 11.6. The molecular formula is C11H21Cl2N3OS. The molecule has 0 saturated heterocycles. The first-order valence-corrected chi connectivity index (χ1v) is 6.46. The van der Waals surface area contributed by atoms with Gasteiger partial charge in [-0.3, -0.25) is 4.79 Å². The molecule has 0 aromatic carbocycles. The van der Waals surface area contributed by atoms with E-state index in [1.165, 1.54) is 0 Å². The van der Waals surface area contributed by atoms with E-state index < -0.39 is 0 Å². The van der Waals surface area contributed by atoms with Crippen molar-refractivity contribution < 1.29 is 4.79 Å². The van der Waals surface area contributed by atoms with Crippen LogP contribution in [0.3, 0.4) is 0 Å². The number of thiazole rings is 1. The fraction of sp³-hybridized carbons (Fsp3) is 0.636. The van der Waals surface area contributed by atoms with E-state index in [-0.39, 0.29) is 36.8 Å². The molecule has 1 unspecified atom stereocenters. The maximum atomic E-state index is 11.6. The van der Waals surface area contributed by atoms with Crippen LogP contribution in [0.15, 0.2) is 5.38 Å². The SMILES string of the molecule is CCC(NC(=O)CCCN)c1nc(C)cs1.Cl.Cl. The molecule has 1 heterocycles. The van der Waals surface area contributed by atoms with Crippen LogP contribution in [-0.2, 0) is 4.79 Å². The zero-order chi connectivity index (χ0) is 12.0. The molecule has 18 heavy (non-hydrogen) atoms. The number of hydrogen-bond acceptors (Lipinski definition) is 4. The summed E-state index contributed by atoms with van der Waals surface area (Å²) in [6, 6.07) is 0.0453. The molecule has 0 bridgehead atoms. The van der Waals surface area contributed by atoms with E-state index in [0.29, 0.717) is 13.0 Å². The minimum Gasteiger partial charge on any atom is -0.347 e. The van der Waals surface area contributed by atoms with E-state index in [9.17, 15) is 4.79 Å². The lowest BCUT2D eigenvalue weighted by Crippen LogP contribution is -2.28. The number of aryl methyl sites for hydroxylation is 1. The first-order valence-electron chi connectivity index (χ1n) is 5.58. The molecule has 1 amide bonds. The Morgan fingerprint density at radius 3 is 2.67 bits per heavy atom. The molecule has 3 N–H and O–H groups in total. The Balaban J connectivity index is 0. The van der Waals surface area contributed by atoms with Crippen LogP contribution in [0, 0.1) is 6.92 Å². The van der Waals surface area contributed by atoms with Crippen LogP contribution in [0.4, 0.5) is 0 Å². The van der Waals surface area contributed by atoms with E-state index in [4.69, 9.17) is 5.73 Å². The van der Waals surface area contributed by atoms with Gasteiger partial charge < -0.3 is 11.1 Å². The van der Waals surface area contributed by atoms with Gasteiger partial charge in [0.1, 0.15) is 5.01 Å². The second-order valence-electron chi connectivity index (χ2n) is 3.75. The smallest absolute Gasteiger partial charge is 0.220 e. The first-order chi connectivity index (χ1) is 7.67. The van der Waals surface area contributed by atoms with Gasteiger partial charge in [-0.25, -0.2) is 4.98 Å². The molecule has 1 atom stereocenters. The van der Waals surface area contributed by atoms with Crippen molar-refractivity contribution in [2.24, 2.45) is 5.73 Å². The number of carbonyl (C=O) groups is 1. The highest BCUT2D eigenvalue weighted by Crippen LogP contribution is 2.20. The quantitative estimate of drug-likeness (QED) is 0.848. The lowest BCUT2D eigenvalue weighted by atomic mass is 10.2. The summed E-state index contributed by atoms with van der Waals surface area (Å²) in [6.07, 6.45) is 2.10. The van der Waals surface area contributed by atoms with Gasteiger partial charge >= 0.3 is 0 Å². The molecule has 1 rings (SSSR count). The molecule has 106 valence electrons. The number of amides is 1. The minimum atomic E-state index is 0. The van der Waals surface area contributed by atoms with Gasteiger partial charge in [-0.1, -0.05) is 6.92 Å². The summed E-state index contributed by atoms with van der Waals surface area (Å²) in [6.45, 7) is 4.56. The Kier molecular flexibility index (Phi) is 11.7. The predicted molar refractivity (Wildman–Crippen MR) is 80.8 cm³/mol. The van der Waals surface area contributed by atoms with Crippen LogP contribution in [0.2, 0.25) is 0 Å². The number of nitrogens with one attached hydrogen (secondary N) is 1. The van der Waals surface area contributed by atoms with Crippen molar-refractivity contribution in [2.45, 2.75) is 39.2 Å². The van der Waals surface area contributed by atoms with Crippen molar-refractivity contribution >= 4 is 42.1 Å². The molecule has 0 fully saturated rings. The highest BCUT2D eigenvalue weighted by atomic mass is 35.5. The molecule has 0 spiro atoms. The van der Waals surface area contributed by atoms with Gasteiger partial charge in [0.15, 0.2) is 0 Å². The van der Waals surface area contributed by atoms with Gasteiger partial charge in [0.25, 0.3) is 0 Å². The maximum Gasteiger partial charge on any atom is 0.220 e. The molecule has 4 nitrogen and oxygen atoms in total. The Morgan fingerprint density at radius 2 is 2.22 bits per heavy atom. The normalized spacial score (nSPS) is 11.1. The largest absolute Gasteiger partial charge is 0.347 e. The fourth-order valence-electron chi connectivity index (χ4n) is 1.40. The third-order valence-corrected chi connectivity index (χ3v) is 3.36. The number of carbonyl (C=O) groups excluding carboxylic acids is 1. The average molecular weight is 314 g/mol. The summed E-state index contributed by atoms with van der Waals surface area (Å²) in [4.78, 5) is 16.0. The lowest BCUT2D eigenvalue weighted by molar-refractivity contribution is -0.121. The summed E-state index contributed by atoms with van der Waals surface area (Å²) < 4.78 is 0. The van der Waals surface area contributed by atoms with Crippen LogP contribution < -0.4 is 11.1 Å². The number of nitrogens with zero attached hydrogens (tertiary/aromatic N) is 1. The van der Waals surface area contributed by atoms with Crippen molar-refractivity contribution in [3.05, 3.63) is 16.1 Å². The average Bonchev–Trinajstić information content (AvgIpc) is 2.69. The van der Waals surface area contributed by atoms with E-state index >= 15 is 0 Å². The molecule has 0 aliphatic carbocycles. The zero-order valence-electron chi connectivity index (χ0n) is 10.6. The fourth-order valence-corrected chi connectivity index (χ4v) is 2.33. The Bertz CT molecular complexity index is 347. The molecule has 0 aliphatic heterocycles. The van der Waals surface area contributed by atoms with Gasteiger partial charge in [0, 0.05) is 17.5 Å². The molecule has 7 heteroatoms. The molecule has 1 aromatic rings. The summed E-state index contributed by atoms with van der Waals surface area (Å²) in [5, 5.41) is 5.98. The van der Waals surface area contributed by atoms with E-state index in [2.05, 4.69) is 10.3 Å². The van der Waals surface area contributed by atoms with Crippen molar-refractivity contribution in [3.8, 4) is 0 Å². The second-order valence-corrected chi connectivity index (χ2v) is 4.64. The van der Waals surface area contributed by atoms with Crippen LogP contribution in [0.1, 0.15) is 42.9 Å². The number of rotatable bonds is 6. The topological polar surface area (TPSA) is 68.0 Å². The van der Waals surface area contributed by atoms with Crippen LogP contribution in [0.5, 0.6) is 0 Å². The van der Waals surface area contributed by atoms with Gasteiger partial charge in [0.05, 0.1) is 6.04 Å². The van der Waals surface area contributed by atoms with Crippen molar-refractivity contribution in [3.63, 3.8) is 0 Å². The Morgan fingerprint density at radius 1 is 1.56 bits per heavy atom. The third kappa shape index (κ3) is 6.54. The molecule has 0 radical (unpaired) electrons. The summed E-state index contributed by atoms with van der Waals surface area (Å²) in [5.74, 6) is 0.0603. The van der Waals surface area contributed by atoms with Gasteiger partial charge in [0.2, 0.25) is 5.91 Å². The van der Waals surface area contributed by atoms with E-state index in [0.717, 1.165) is 23.5 Å². The van der Waals surface area contributed by atoms with Crippen LogP contribution >= 0.6 is 36.2 Å². The number of nitrogens with two attached hydrogens (primary N) is 1. The lowest BCUT2D eigenvalue weighted by Gasteiger charge is -2.14. The van der Waals surface area contributed by atoms with Gasteiger partial charge in [-0.05, 0) is 26.3 Å². The van der Waals surface area contributed by atoms with Gasteiger partial charge in [-0.15, -0.1) is 36.2 Å². The molecule has 0 aliphatic rings. The van der Waals surface area contributed by atoms with Crippen molar-refractivity contribution in [2.75, 3.05) is 6.54 Å². The highest BCUT2D eigenvalue weighted by molar-refractivity contribution is 7.09. The van der Waals surface area contributed by atoms with E-state index in [1.807, 2.05) is 19.2 Å². The zero-order valence-corrected chi connectivity index (χ0v) is 13.1. The van der Waals surface area contributed by atoms with Crippen LogP contribution in [-0.4, -0.2) is 17.4 Å². The van der Waals surface area contributed by atoms with Crippen molar-refractivity contribution in [1.82, 2.24) is 10.3 Å². The number of hydrogen-bond donors (Lipinski definition) is 2.